The molecule has 9 heteroatoms. The first kappa shape index (κ1) is 13.1. The number of hydrogen-bond acceptors (Lipinski definition) is 5. The number of aliphatic hydroxyl groups excluding tert-OH is 1. The monoisotopic (exact) mass is 238 g/mol. The lowest BCUT2D eigenvalue weighted by Crippen LogP contribution is -2.35. The molecule has 0 spiro atoms. The van der Waals surface area contributed by atoms with Gasteiger partial charge in [-0.3, -0.25) is 4.52 Å². The summed E-state index contributed by atoms with van der Waals surface area (Å²) in [6.45, 7) is -0.445. The van der Waals surface area contributed by atoms with Gasteiger partial charge in [-0.2, -0.15) is 0 Å². The Morgan fingerprint density at radius 2 is 2.13 bits per heavy atom. The highest BCUT2D eigenvalue weighted by molar-refractivity contribution is 7.46. The molecule has 1 rings (SSSR count). The smallest absolute Gasteiger partial charge is 0.388 e. The molecule has 1 aliphatic rings. The summed E-state index contributed by atoms with van der Waals surface area (Å²) in [6, 6.07) is -0.838. The van der Waals surface area contributed by atoms with Gasteiger partial charge in [-0.25, -0.2) is 4.57 Å². The summed E-state index contributed by atoms with van der Waals surface area (Å²) in [7, 11) is 2.24. The van der Waals surface area contributed by atoms with Crippen molar-refractivity contribution in [3.8, 4) is 0 Å². The van der Waals surface area contributed by atoms with Gasteiger partial charge in [0.1, 0.15) is 26.2 Å². The second kappa shape index (κ2) is 4.92. The molecule has 0 saturated carbocycles. The van der Waals surface area contributed by atoms with Crippen molar-refractivity contribution in [3.63, 3.8) is 0 Å². The topological polar surface area (TPSA) is 105 Å². The Labute approximate surface area is 88.0 Å². The van der Waals surface area contributed by atoms with Crippen LogP contribution in [0, 0.1) is 0 Å². The molecule has 1 aliphatic heterocycles. The minimum absolute atomic E-state index is 0.445. The summed E-state index contributed by atoms with van der Waals surface area (Å²) < 4.78 is 24.5. The molecule has 2 radical (unpaired) electrons. The standard InChI is InChI=1S/C6H12BO7P/c1-12-5-4(8)3(14-6(5)7)2-13-15(9,10)11/h3-6,8H,2H2,1H3,(H2,9,10,11)/t3-,4?,5-,6-/m1/s1. The van der Waals surface area contributed by atoms with Crippen molar-refractivity contribution < 1.29 is 33.5 Å². The van der Waals surface area contributed by atoms with E-state index in [1.165, 1.54) is 7.11 Å². The molecule has 3 N–H and O–H groups in total. The molecular weight excluding hydrogens is 226 g/mol. The van der Waals surface area contributed by atoms with E-state index in [2.05, 4.69) is 4.52 Å². The third-order valence-electron chi connectivity index (χ3n) is 2.05. The SMILES string of the molecule is [B][C@@H]1O[C@H](COP(=O)(O)O)C(O)[C@H]1OC. The van der Waals surface area contributed by atoms with E-state index in [9.17, 15) is 9.67 Å². The summed E-state index contributed by atoms with van der Waals surface area (Å²) in [5, 5.41) is 9.55. The third kappa shape index (κ3) is 3.53. The van der Waals surface area contributed by atoms with Crippen LogP contribution in [0.4, 0.5) is 0 Å². The van der Waals surface area contributed by atoms with Crippen LogP contribution in [0.25, 0.3) is 0 Å². The van der Waals surface area contributed by atoms with E-state index in [1.807, 2.05) is 0 Å². The average molecular weight is 238 g/mol. The van der Waals surface area contributed by atoms with E-state index < -0.39 is 38.7 Å². The predicted octanol–water partition coefficient (Wildman–Crippen LogP) is -1.64. The number of aliphatic hydroxyl groups is 1. The maximum atomic E-state index is 10.4. The Bertz CT molecular complexity index is 256. The van der Waals surface area contributed by atoms with E-state index >= 15 is 0 Å². The Morgan fingerprint density at radius 1 is 1.53 bits per heavy atom. The summed E-state index contributed by atoms with van der Waals surface area (Å²) in [5.41, 5.74) is 0. The molecule has 1 unspecified atom stereocenters. The summed E-state index contributed by atoms with van der Waals surface area (Å²) in [4.78, 5) is 16.9. The van der Waals surface area contributed by atoms with Crippen molar-refractivity contribution in [3.05, 3.63) is 0 Å². The maximum Gasteiger partial charge on any atom is 0.469 e. The summed E-state index contributed by atoms with van der Waals surface area (Å²) in [5.74, 6) is 0. The lowest BCUT2D eigenvalue weighted by atomic mass is 9.93. The predicted molar refractivity (Wildman–Crippen MR) is 49.2 cm³/mol. The number of hydrogen-bond donors (Lipinski definition) is 3. The van der Waals surface area contributed by atoms with Crippen LogP contribution in [0.1, 0.15) is 0 Å². The van der Waals surface area contributed by atoms with Gasteiger partial charge < -0.3 is 24.4 Å². The highest BCUT2D eigenvalue weighted by atomic mass is 31.2. The molecule has 4 atom stereocenters. The van der Waals surface area contributed by atoms with Crippen molar-refractivity contribution in [1.29, 1.82) is 0 Å². The molecule has 7 nitrogen and oxygen atoms in total. The molecule has 0 aromatic rings. The lowest BCUT2D eigenvalue weighted by molar-refractivity contribution is -0.0143. The second-order valence-corrected chi connectivity index (χ2v) is 4.36. The van der Waals surface area contributed by atoms with Crippen molar-refractivity contribution in [2.75, 3.05) is 13.7 Å². The van der Waals surface area contributed by atoms with Crippen molar-refractivity contribution in [2.24, 2.45) is 0 Å². The molecule has 0 aliphatic carbocycles. The highest BCUT2D eigenvalue weighted by Crippen LogP contribution is 2.37. The van der Waals surface area contributed by atoms with Crippen molar-refractivity contribution >= 4 is 15.7 Å². The zero-order chi connectivity index (χ0) is 11.6. The Hall–Kier alpha value is 0.0549. The Balaban J connectivity index is 2.48. The van der Waals surface area contributed by atoms with Crippen LogP contribution in [0.5, 0.6) is 0 Å². The largest absolute Gasteiger partial charge is 0.469 e. The molecule has 1 fully saturated rings. The fourth-order valence-electron chi connectivity index (χ4n) is 1.35. The summed E-state index contributed by atoms with van der Waals surface area (Å²) >= 11 is 0. The molecule has 0 amide bonds. The molecule has 0 bridgehead atoms. The van der Waals surface area contributed by atoms with Crippen LogP contribution >= 0.6 is 7.82 Å². The van der Waals surface area contributed by atoms with Crippen LogP contribution < -0.4 is 0 Å². The normalized spacial score (nSPS) is 37.1. The third-order valence-corrected chi connectivity index (χ3v) is 2.54. The first-order valence-corrected chi connectivity index (χ1v) is 5.70. The van der Waals surface area contributed by atoms with Crippen molar-refractivity contribution in [2.45, 2.75) is 24.3 Å². The van der Waals surface area contributed by atoms with Gasteiger partial charge in [0.15, 0.2) is 0 Å². The minimum Gasteiger partial charge on any atom is -0.388 e. The Morgan fingerprint density at radius 3 is 2.53 bits per heavy atom. The van der Waals surface area contributed by atoms with Gasteiger partial charge in [0.25, 0.3) is 0 Å². The zero-order valence-electron chi connectivity index (χ0n) is 8.02. The molecule has 1 heterocycles. The van der Waals surface area contributed by atoms with Gasteiger partial charge in [0, 0.05) is 13.1 Å². The quantitative estimate of drug-likeness (QED) is 0.398. The van der Waals surface area contributed by atoms with E-state index in [0.717, 1.165) is 0 Å². The van der Waals surface area contributed by atoms with E-state index in [1.54, 1.807) is 0 Å². The van der Waals surface area contributed by atoms with Gasteiger partial charge >= 0.3 is 7.82 Å². The fourth-order valence-corrected chi connectivity index (χ4v) is 1.69. The maximum absolute atomic E-state index is 10.4. The summed E-state index contributed by atoms with van der Waals surface area (Å²) in [6.07, 6.45) is -2.70. The van der Waals surface area contributed by atoms with Crippen LogP contribution in [0.15, 0.2) is 0 Å². The molecule has 0 aromatic heterocycles. The molecule has 1 saturated heterocycles. The first-order chi connectivity index (χ1) is 6.85. The Kier molecular flexibility index (Phi) is 4.31. The minimum atomic E-state index is -4.57. The highest BCUT2D eigenvalue weighted by Gasteiger charge is 2.41. The van der Waals surface area contributed by atoms with Gasteiger partial charge in [-0.1, -0.05) is 0 Å². The van der Waals surface area contributed by atoms with E-state index in [-0.39, 0.29) is 0 Å². The van der Waals surface area contributed by atoms with Crippen LogP contribution in [0.3, 0.4) is 0 Å². The molecule has 86 valence electrons. The van der Waals surface area contributed by atoms with Gasteiger partial charge in [0.05, 0.1) is 6.61 Å². The zero-order valence-corrected chi connectivity index (χ0v) is 8.91. The first-order valence-electron chi connectivity index (χ1n) is 4.17. The second-order valence-electron chi connectivity index (χ2n) is 3.12. The number of rotatable bonds is 4. The number of phosphoric ester groups is 1. The van der Waals surface area contributed by atoms with Gasteiger partial charge in [-0.05, 0) is 0 Å². The number of ether oxygens (including phenoxy) is 2. The van der Waals surface area contributed by atoms with E-state index in [4.69, 9.17) is 27.1 Å². The van der Waals surface area contributed by atoms with Crippen molar-refractivity contribution in [1.82, 2.24) is 0 Å². The van der Waals surface area contributed by atoms with E-state index in [0.29, 0.717) is 0 Å². The number of phosphoric acid groups is 1. The molecular formula is C6H12BO7P. The van der Waals surface area contributed by atoms with Crippen LogP contribution in [-0.2, 0) is 18.6 Å². The van der Waals surface area contributed by atoms with Crippen LogP contribution in [-0.4, -0.2) is 60.8 Å². The fraction of sp³-hybridized carbons (Fsp3) is 1.00. The van der Waals surface area contributed by atoms with Gasteiger partial charge in [0.2, 0.25) is 0 Å². The number of methoxy groups -OCH3 is 1. The average Bonchev–Trinajstić information content (AvgIpc) is 2.37. The van der Waals surface area contributed by atoms with Gasteiger partial charge in [-0.15, -0.1) is 0 Å². The molecule has 0 aromatic carbocycles. The molecule has 15 heavy (non-hydrogen) atoms. The lowest BCUT2D eigenvalue weighted by Gasteiger charge is -2.16. The van der Waals surface area contributed by atoms with Crippen LogP contribution in [0.2, 0.25) is 0 Å².